The Morgan fingerprint density at radius 3 is 2.55 bits per heavy atom. The number of amides is 1. The Balaban J connectivity index is 1.25. The Kier molecular flexibility index (Phi) is 4.16. The van der Waals surface area contributed by atoms with E-state index in [2.05, 4.69) is 20.1 Å². The zero-order chi connectivity index (χ0) is 20.0. The number of carbonyl (C=O) groups is 1. The van der Waals surface area contributed by atoms with Gasteiger partial charge in [0.25, 0.3) is 5.91 Å². The van der Waals surface area contributed by atoms with Crippen LogP contribution in [0.25, 0.3) is 22.4 Å². The standard InChI is InChI=1S/C22H21N5O2/c1-13(2)21-25-20(26-29-21)14-7-9-15(10-8-14)22(28)27-11-16(12-27)19-23-17-5-3-4-6-18(17)24-19/h3-10,13,16H,11-12H2,1-2H3,(H,23,24). The molecule has 0 aliphatic carbocycles. The van der Waals surface area contributed by atoms with E-state index in [-0.39, 0.29) is 17.7 Å². The van der Waals surface area contributed by atoms with Crippen LogP contribution in [-0.2, 0) is 0 Å². The van der Waals surface area contributed by atoms with Gasteiger partial charge in [0, 0.05) is 30.1 Å². The summed E-state index contributed by atoms with van der Waals surface area (Å²) in [6, 6.07) is 15.3. The molecule has 0 bridgehead atoms. The molecule has 7 heteroatoms. The molecule has 0 unspecified atom stereocenters. The predicted molar refractivity (Wildman–Crippen MR) is 109 cm³/mol. The van der Waals surface area contributed by atoms with Gasteiger partial charge in [-0.2, -0.15) is 4.98 Å². The lowest BCUT2D eigenvalue weighted by molar-refractivity contribution is 0.0596. The van der Waals surface area contributed by atoms with Gasteiger partial charge in [-0.3, -0.25) is 4.79 Å². The van der Waals surface area contributed by atoms with Gasteiger partial charge in [-0.25, -0.2) is 4.98 Å². The van der Waals surface area contributed by atoms with E-state index in [9.17, 15) is 4.79 Å². The Morgan fingerprint density at radius 1 is 1.10 bits per heavy atom. The zero-order valence-electron chi connectivity index (χ0n) is 16.3. The zero-order valence-corrected chi connectivity index (χ0v) is 16.3. The van der Waals surface area contributed by atoms with Crippen molar-refractivity contribution >= 4 is 16.9 Å². The number of rotatable bonds is 4. The van der Waals surface area contributed by atoms with E-state index < -0.39 is 0 Å². The third-order valence-electron chi connectivity index (χ3n) is 5.29. The minimum Gasteiger partial charge on any atom is -0.342 e. The van der Waals surface area contributed by atoms with E-state index in [1.165, 1.54) is 0 Å². The van der Waals surface area contributed by atoms with Crippen LogP contribution < -0.4 is 0 Å². The monoisotopic (exact) mass is 387 g/mol. The van der Waals surface area contributed by atoms with Gasteiger partial charge in [0.05, 0.1) is 17.0 Å². The van der Waals surface area contributed by atoms with Crippen LogP contribution in [0, 0.1) is 0 Å². The number of hydrogen-bond donors (Lipinski definition) is 1. The molecule has 146 valence electrons. The van der Waals surface area contributed by atoms with Gasteiger partial charge in [0.2, 0.25) is 11.7 Å². The third kappa shape index (κ3) is 3.18. The first-order valence-corrected chi connectivity index (χ1v) is 9.76. The Morgan fingerprint density at radius 2 is 1.86 bits per heavy atom. The van der Waals surface area contributed by atoms with Crippen LogP contribution >= 0.6 is 0 Å². The van der Waals surface area contributed by atoms with Crippen LogP contribution in [0.3, 0.4) is 0 Å². The van der Waals surface area contributed by atoms with Crippen LogP contribution in [0.1, 0.15) is 47.8 Å². The van der Waals surface area contributed by atoms with Crippen molar-refractivity contribution in [1.82, 2.24) is 25.0 Å². The second-order valence-electron chi connectivity index (χ2n) is 7.73. The maximum atomic E-state index is 12.8. The number of imidazole rings is 1. The summed E-state index contributed by atoms with van der Waals surface area (Å²) >= 11 is 0. The van der Waals surface area contributed by atoms with Crippen LogP contribution in [-0.4, -0.2) is 44.0 Å². The minimum atomic E-state index is 0.0277. The van der Waals surface area contributed by atoms with Crippen molar-refractivity contribution < 1.29 is 9.32 Å². The van der Waals surface area contributed by atoms with Crippen LogP contribution in [0.5, 0.6) is 0 Å². The van der Waals surface area contributed by atoms with E-state index in [1.54, 1.807) is 0 Å². The smallest absolute Gasteiger partial charge is 0.253 e. The molecule has 1 fully saturated rings. The highest BCUT2D eigenvalue weighted by atomic mass is 16.5. The fourth-order valence-corrected chi connectivity index (χ4v) is 3.51. The van der Waals surface area contributed by atoms with Crippen molar-refractivity contribution in [1.29, 1.82) is 0 Å². The molecule has 7 nitrogen and oxygen atoms in total. The third-order valence-corrected chi connectivity index (χ3v) is 5.29. The van der Waals surface area contributed by atoms with Crippen molar-refractivity contribution in [3.05, 3.63) is 65.8 Å². The van der Waals surface area contributed by atoms with Gasteiger partial charge < -0.3 is 14.4 Å². The van der Waals surface area contributed by atoms with Crippen molar-refractivity contribution in [3.8, 4) is 11.4 Å². The molecule has 5 rings (SSSR count). The molecule has 2 aromatic heterocycles. The molecular formula is C22H21N5O2. The average Bonchev–Trinajstić information content (AvgIpc) is 3.34. The Hall–Kier alpha value is -3.48. The number of fused-ring (bicyclic) bond motifs is 1. The van der Waals surface area contributed by atoms with Gasteiger partial charge in [0.15, 0.2) is 0 Å². The van der Waals surface area contributed by atoms with Gasteiger partial charge in [0.1, 0.15) is 5.82 Å². The molecule has 29 heavy (non-hydrogen) atoms. The Labute approximate surface area is 167 Å². The van der Waals surface area contributed by atoms with Gasteiger partial charge in [-0.15, -0.1) is 0 Å². The maximum absolute atomic E-state index is 12.8. The molecule has 1 saturated heterocycles. The number of aromatic nitrogens is 4. The number of benzene rings is 2. The molecule has 0 spiro atoms. The molecule has 0 radical (unpaired) electrons. The van der Waals surface area contributed by atoms with E-state index in [1.807, 2.05) is 67.3 Å². The number of hydrogen-bond acceptors (Lipinski definition) is 5. The lowest BCUT2D eigenvalue weighted by Gasteiger charge is -2.38. The van der Waals surface area contributed by atoms with Crippen molar-refractivity contribution in [3.63, 3.8) is 0 Å². The highest BCUT2D eigenvalue weighted by molar-refractivity contribution is 5.95. The van der Waals surface area contributed by atoms with Gasteiger partial charge in [-0.05, 0) is 24.3 Å². The quantitative estimate of drug-likeness (QED) is 0.572. The first kappa shape index (κ1) is 17.6. The fourth-order valence-electron chi connectivity index (χ4n) is 3.51. The molecule has 1 N–H and O–H groups in total. The molecule has 0 atom stereocenters. The number of likely N-dealkylation sites (tertiary alicyclic amines) is 1. The summed E-state index contributed by atoms with van der Waals surface area (Å²) in [6.07, 6.45) is 0. The number of nitrogens with zero attached hydrogens (tertiary/aromatic N) is 4. The number of H-pyrrole nitrogens is 1. The number of carbonyl (C=O) groups excluding carboxylic acids is 1. The van der Waals surface area contributed by atoms with Crippen molar-refractivity contribution in [2.24, 2.45) is 0 Å². The normalized spacial score (nSPS) is 14.5. The summed E-state index contributed by atoms with van der Waals surface area (Å²) in [5.41, 5.74) is 3.49. The highest BCUT2D eigenvalue weighted by Crippen LogP contribution is 2.28. The molecule has 3 heterocycles. The first-order valence-electron chi connectivity index (χ1n) is 9.76. The van der Waals surface area contributed by atoms with Crippen molar-refractivity contribution in [2.75, 3.05) is 13.1 Å². The molecular weight excluding hydrogens is 366 g/mol. The summed E-state index contributed by atoms with van der Waals surface area (Å²) in [4.78, 5) is 27.0. The number of para-hydroxylation sites is 2. The van der Waals surface area contributed by atoms with E-state index in [0.717, 1.165) is 22.4 Å². The molecule has 0 saturated carbocycles. The number of aromatic amines is 1. The maximum Gasteiger partial charge on any atom is 0.253 e. The Bertz CT molecular complexity index is 1140. The molecule has 1 aliphatic rings. The molecule has 1 aliphatic heterocycles. The van der Waals surface area contributed by atoms with Crippen LogP contribution in [0.2, 0.25) is 0 Å². The second kappa shape index (κ2) is 6.84. The second-order valence-corrected chi connectivity index (χ2v) is 7.73. The lowest BCUT2D eigenvalue weighted by atomic mass is 9.98. The molecule has 2 aromatic carbocycles. The summed E-state index contributed by atoms with van der Waals surface area (Å²) in [5, 5.41) is 4.01. The van der Waals surface area contributed by atoms with Gasteiger partial charge >= 0.3 is 0 Å². The van der Waals surface area contributed by atoms with Gasteiger partial charge in [-0.1, -0.05) is 43.3 Å². The summed E-state index contributed by atoms with van der Waals surface area (Å²) < 4.78 is 5.25. The molecule has 4 aromatic rings. The first-order chi connectivity index (χ1) is 14.1. The van der Waals surface area contributed by atoms with Crippen molar-refractivity contribution in [2.45, 2.75) is 25.7 Å². The summed E-state index contributed by atoms with van der Waals surface area (Å²) in [7, 11) is 0. The topological polar surface area (TPSA) is 87.9 Å². The summed E-state index contributed by atoms with van der Waals surface area (Å²) in [6.45, 7) is 5.35. The predicted octanol–water partition coefficient (Wildman–Crippen LogP) is 3.98. The van der Waals surface area contributed by atoms with Crippen LogP contribution in [0.15, 0.2) is 53.1 Å². The minimum absolute atomic E-state index is 0.0277. The summed E-state index contributed by atoms with van der Waals surface area (Å²) in [5.74, 6) is 2.56. The average molecular weight is 387 g/mol. The van der Waals surface area contributed by atoms with E-state index >= 15 is 0 Å². The van der Waals surface area contributed by atoms with E-state index in [0.29, 0.717) is 30.4 Å². The number of nitrogens with one attached hydrogen (secondary N) is 1. The van der Waals surface area contributed by atoms with Crippen LogP contribution in [0.4, 0.5) is 0 Å². The SMILES string of the molecule is CC(C)c1nc(-c2ccc(C(=O)N3CC(c4nc5ccccc5[nH]4)C3)cc2)no1. The lowest BCUT2D eigenvalue weighted by Crippen LogP contribution is -2.48. The molecule has 1 amide bonds. The highest BCUT2D eigenvalue weighted by Gasteiger charge is 2.34. The largest absolute Gasteiger partial charge is 0.342 e. The van der Waals surface area contributed by atoms with E-state index in [4.69, 9.17) is 4.52 Å². The fraction of sp³-hybridized carbons (Fsp3) is 0.273.